The second-order valence-corrected chi connectivity index (χ2v) is 11.0. The molecule has 1 spiro atoms. The minimum atomic E-state index is -3.27. The predicted octanol–water partition coefficient (Wildman–Crippen LogP) is 3.04. The number of rotatable bonds is 2. The normalized spacial score (nSPS) is 31.2. The van der Waals surface area contributed by atoms with E-state index in [0.717, 1.165) is 44.1 Å². The Hall–Kier alpha value is -1.97. The lowest BCUT2D eigenvalue weighted by Gasteiger charge is -2.33. The van der Waals surface area contributed by atoms with Crippen LogP contribution in [0.15, 0.2) is 29.0 Å². The van der Waals surface area contributed by atoms with Crippen molar-refractivity contribution in [3.63, 3.8) is 0 Å². The number of nitrogens with zero attached hydrogens (tertiary/aromatic N) is 2. The van der Waals surface area contributed by atoms with Crippen molar-refractivity contribution in [2.75, 3.05) is 12.9 Å². The molecule has 0 unspecified atom stereocenters. The molecule has 2 saturated carbocycles. The van der Waals surface area contributed by atoms with Crippen LogP contribution in [0.4, 0.5) is 0 Å². The van der Waals surface area contributed by atoms with Gasteiger partial charge in [-0.15, -0.1) is 0 Å². The fourth-order valence-corrected chi connectivity index (χ4v) is 6.13. The van der Waals surface area contributed by atoms with E-state index in [1.807, 2.05) is 6.07 Å². The van der Waals surface area contributed by atoms with Crippen molar-refractivity contribution in [3.05, 3.63) is 41.7 Å². The van der Waals surface area contributed by atoms with E-state index in [4.69, 9.17) is 18.9 Å². The van der Waals surface area contributed by atoms with Crippen molar-refractivity contribution in [3.8, 4) is 5.88 Å². The second kappa shape index (κ2) is 8.18. The zero-order valence-electron chi connectivity index (χ0n) is 17.7. The maximum absolute atomic E-state index is 11.8. The van der Waals surface area contributed by atoms with E-state index < -0.39 is 15.4 Å². The third kappa shape index (κ3) is 4.49. The number of pyridine rings is 1. The van der Waals surface area contributed by atoms with Crippen molar-refractivity contribution >= 4 is 10.0 Å². The molecule has 2 aromatic rings. The Morgan fingerprint density at radius 2 is 2.03 bits per heavy atom. The maximum Gasteiger partial charge on any atom is 0.217 e. The van der Waals surface area contributed by atoms with E-state index in [1.54, 1.807) is 12.5 Å². The second-order valence-electron chi connectivity index (χ2n) is 9.23. The first-order valence-electron chi connectivity index (χ1n) is 11.0. The Balaban J connectivity index is 1.44. The van der Waals surface area contributed by atoms with Gasteiger partial charge < -0.3 is 13.9 Å². The lowest BCUT2D eigenvalue weighted by molar-refractivity contribution is -0.0103. The van der Waals surface area contributed by atoms with Crippen LogP contribution in [0.3, 0.4) is 0 Å². The summed E-state index contributed by atoms with van der Waals surface area (Å²) in [6.45, 7) is 0.772. The van der Waals surface area contributed by atoms with Gasteiger partial charge in [-0.2, -0.15) is 0 Å². The van der Waals surface area contributed by atoms with Gasteiger partial charge in [-0.1, -0.05) is 6.07 Å². The zero-order valence-corrected chi connectivity index (χ0v) is 18.6. The SMILES string of the molecule is CS(=O)(=O)N[C@H]1CC[C@]2(COC3CCC(CC3)c3cccnc3OCc3coc2n3)C1. The number of ether oxygens (including phenoxy) is 2. The van der Waals surface area contributed by atoms with Gasteiger partial charge in [0, 0.05) is 17.8 Å². The zero-order chi connectivity index (χ0) is 21.5. The first-order valence-corrected chi connectivity index (χ1v) is 12.9. The molecule has 0 saturated heterocycles. The summed E-state index contributed by atoms with van der Waals surface area (Å²) in [7, 11) is -3.27. The molecule has 1 N–H and O–H groups in total. The van der Waals surface area contributed by atoms with Gasteiger partial charge in [0.1, 0.15) is 18.6 Å². The summed E-state index contributed by atoms with van der Waals surface area (Å²) in [6.07, 6.45) is 10.9. The lowest BCUT2D eigenvalue weighted by atomic mass is 9.82. The molecule has 0 radical (unpaired) electrons. The summed E-state index contributed by atoms with van der Waals surface area (Å²) in [5, 5.41) is 0. The standard InChI is InChI=1S/C22H29N3O5S/c1-31(26,27)25-16-8-9-22(11-16)14-30-18-6-4-15(5-7-18)19-3-2-10-23-20(19)28-12-17-13-29-21(22)24-17/h2-3,10,13,15-16,18,25H,4-9,11-12,14H2,1H3/t15?,16-,18?,22+/m0/s1. The first-order chi connectivity index (χ1) is 14.9. The highest BCUT2D eigenvalue weighted by atomic mass is 32.2. The van der Waals surface area contributed by atoms with E-state index in [0.29, 0.717) is 36.4 Å². The number of fused-ring (bicyclic) bond motifs is 4. The molecular weight excluding hydrogens is 418 g/mol. The van der Waals surface area contributed by atoms with Crippen LogP contribution in [0.25, 0.3) is 0 Å². The Morgan fingerprint density at radius 3 is 2.84 bits per heavy atom. The van der Waals surface area contributed by atoms with Gasteiger partial charge in [-0.3, -0.25) is 0 Å². The molecule has 6 rings (SSSR count). The largest absolute Gasteiger partial charge is 0.471 e. The highest BCUT2D eigenvalue weighted by Crippen LogP contribution is 2.43. The van der Waals surface area contributed by atoms with Crippen LogP contribution in [-0.2, 0) is 26.8 Å². The third-order valence-electron chi connectivity index (χ3n) is 6.86. The maximum atomic E-state index is 11.8. The smallest absolute Gasteiger partial charge is 0.217 e. The molecule has 2 atom stereocenters. The van der Waals surface area contributed by atoms with Gasteiger partial charge in [-0.25, -0.2) is 23.1 Å². The molecule has 4 aliphatic rings. The van der Waals surface area contributed by atoms with Crippen LogP contribution in [-0.4, -0.2) is 43.4 Å². The van der Waals surface area contributed by atoms with E-state index in [-0.39, 0.29) is 18.8 Å². The molecule has 0 aromatic carbocycles. The molecule has 8 nitrogen and oxygen atoms in total. The quantitative estimate of drug-likeness (QED) is 0.755. The van der Waals surface area contributed by atoms with Crippen LogP contribution in [0, 0.1) is 0 Å². The average Bonchev–Trinajstić information content (AvgIpc) is 3.38. The van der Waals surface area contributed by atoms with Crippen LogP contribution >= 0.6 is 0 Å². The number of sulfonamides is 1. The molecule has 2 aliphatic carbocycles. The molecule has 9 heteroatoms. The van der Waals surface area contributed by atoms with Crippen molar-refractivity contribution in [1.82, 2.24) is 14.7 Å². The Morgan fingerprint density at radius 1 is 1.19 bits per heavy atom. The predicted molar refractivity (Wildman–Crippen MR) is 113 cm³/mol. The van der Waals surface area contributed by atoms with E-state index in [2.05, 4.69) is 15.8 Å². The lowest BCUT2D eigenvalue weighted by Crippen LogP contribution is -2.37. The van der Waals surface area contributed by atoms with Crippen molar-refractivity contribution in [2.24, 2.45) is 0 Å². The molecular formula is C22H29N3O5S. The van der Waals surface area contributed by atoms with Crippen molar-refractivity contribution in [2.45, 2.75) is 75.0 Å². The van der Waals surface area contributed by atoms with E-state index in [9.17, 15) is 8.42 Å². The van der Waals surface area contributed by atoms with Crippen molar-refractivity contribution < 1.29 is 22.3 Å². The first kappa shape index (κ1) is 20.9. The summed E-state index contributed by atoms with van der Waals surface area (Å²) in [5.41, 5.74) is 1.42. The Bertz CT molecular complexity index is 1030. The van der Waals surface area contributed by atoms with Gasteiger partial charge >= 0.3 is 0 Å². The van der Waals surface area contributed by atoms with E-state index in [1.165, 1.54) is 6.26 Å². The molecule has 168 valence electrons. The Labute approximate surface area is 182 Å². The molecule has 0 amide bonds. The fraction of sp³-hybridized carbons (Fsp3) is 0.636. The molecule has 2 fully saturated rings. The number of nitrogens with one attached hydrogen (secondary N) is 1. The van der Waals surface area contributed by atoms with E-state index >= 15 is 0 Å². The monoisotopic (exact) mass is 447 g/mol. The average molecular weight is 448 g/mol. The summed E-state index contributed by atoms with van der Waals surface area (Å²) < 4.78 is 44.7. The van der Waals surface area contributed by atoms with Gasteiger partial charge in [0.15, 0.2) is 0 Å². The molecule has 2 aliphatic heterocycles. The number of aromatic nitrogens is 2. The number of hydrogen-bond donors (Lipinski definition) is 1. The topological polar surface area (TPSA) is 104 Å². The summed E-state index contributed by atoms with van der Waals surface area (Å²) in [4.78, 5) is 9.19. The van der Waals surface area contributed by atoms with Crippen LogP contribution < -0.4 is 9.46 Å². The fourth-order valence-electron chi connectivity index (χ4n) is 5.33. The molecule has 4 heterocycles. The van der Waals surface area contributed by atoms with Crippen LogP contribution in [0.2, 0.25) is 0 Å². The van der Waals surface area contributed by atoms with Gasteiger partial charge in [0.05, 0.1) is 24.4 Å². The summed E-state index contributed by atoms with van der Waals surface area (Å²) in [6, 6.07) is 3.93. The van der Waals surface area contributed by atoms with Gasteiger partial charge in [-0.05, 0) is 56.9 Å². The number of hydrogen-bond acceptors (Lipinski definition) is 7. The molecule has 2 aromatic heterocycles. The molecule has 31 heavy (non-hydrogen) atoms. The summed E-state index contributed by atoms with van der Waals surface area (Å²) in [5.74, 6) is 1.69. The minimum Gasteiger partial charge on any atom is -0.471 e. The summed E-state index contributed by atoms with van der Waals surface area (Å²) >= 11 is 0. The molecule has 4 bridgehead atoms. The van der Waals surface area contributed by atoms with Gasteiger partial charge in [0.25, 0.3) is 0 Å². The Kier molecular flexibility index (Phi) is 5.52. The van der Waals surface area contributed by atoms with Crippen LogP contribution in [0.5, 0.6) is 5.88 Å². The minimum absolute atomic E-state index is 0.143. The number of oxazole rings is 1. The van der Waals surface area contributed by atoms with Gasteiger partial charge in [0.2, 0.25) is 21.8 Å². The third-order valence-corrected chi connectivity index (χ3v) is 7.62. The van der Waals surface area contributed by atoms with Crippen LogP contribution in [0.1, 0.15) is 68.0 Å². The highest BCUT2D eigenvalue weighted by Gasteiger charge is 2.46. The highest BCUT2D eigenvalue weighted by molar-refractivity contribution is 7.88. The van der Waals surface area contributed by atoms with Crippen molar-refractivity contribution in [1.29, 1.82) is 0 Å².